The summed E-state index contributed by atoms with van der Waals surface area (Å²) in [4.78, 5) is 10.7. The molecule has 25 heavy (non-hydrogen) atoms. The molecule has 136 valence electrons. The number of aliphatic imine (C=N–C) groups is 1. The molecule has 1 aromatic carbocycles. The third-order valence-corrected chi connectivity index (χ3v) is 3.91. The van der Waals surface area contributed by atoms with Crippen molar-refractivity contribution < 1.29 is 0 Å². The topological polar surface area (TPSA) is 52.6 Å². The highest BCUT2D eigenvalue weighted by molar-refractivity contribution is 14.0. The molecule has 0 saturated carbocycles. The van der Waals surface area contributed by atoms with Crippen LogP contribution in [0.5, 0.6) is 0 Å². The second-order valence-electron chi connectivity index (χ2n) is 5.93. The van der Waals surface area contributed by atoms with Gasteiger partial charge in [-0.15, -0.1) is 24.0 Å². The van der Waals surface area contributed by atoms with Crippen LogP contribution in [0.4, 0.5) is 5.69 Å². The zero-order valence-corrected chi connectivity index (χ0v) is 17.7. The van der Waals surface area contributed by atoms with Crippen molar-refractivity contribution in [2.45, 2.75) is 19.9 Å². The van der Waals surface area contributed by atoms with Crippen LogP contribution >= 0.6 is 24.0 Å². The number of aryl methyl sites for hydroxylation is 1. The third kappa shape index (κ3) is 6.89. The van der Waals surface area contributed by atoms with Crippen LogP contribution in [0.15, 0.2) is 47.6 Å². The number of hydrogen-bond donors (Lipinski definition) is 2. The van der Waals surface area contributed by atoms with Crippen molar-refractivity contribution in [2.75, 3.05) is 32.6 Å². The van der Waals surface area contributed by atoms with Gasteiger partial charge in [0.2, 0.25) is 0 Å². The normalized spacial score (nSPS) is 10.8. The monoisotopic (exact) mass is 453 g/mol. The summed E-state index contributed by atoms with van der Waals surface area (Å²) in [5, 5.41) is 6.69. The van der Waals surface area contributed by atoms with Crippen molar-refractivity contribution in [3.05, 3.63) is 59.4 Å². The smallest absolute Gasteiger partial charge is 0.191 e. The van der Waals surface area contributed by atoms with Gasteiger partial charge < -0.3 is 15.5 Å². The molecule has 5 nitrogen and oxygen atoms in total. The fraction of sp³-hybridized carbons (Fsp3) is 0.368. The molecule has 0 fully saturated rings. The molecule has 0 aliphatic rings. The van der Waals surface area contributed by atoms with Gasteiger partial charge in [0, 0.05) is 58.2 Å². The van der Waals surface area contributed by atoms with E-state index >= 15 is 0 Å². The Hall–Kier alpha value is -1.83. The molecule has 0 saturated heterocycles. The molecule has 2 aromatic rings. The lowest BCUT2D eigenvalue weighted by Gasteiger charge is -2.16. The van der Waals surface area contributed by atoms with E-state index in [2.05, 4.69) is 64.7 Å². The number of nitrogens with one attached hydrogen (secondary N) is 2. The Bertz CT molecular complexity index is 671. The van der Waals surface area contributed by atoms with Crippen molar-refractivity contribution in [1.82, 2.24) is 15.6 Å². The van der Waals surface area contributed by atoms with Crippen molar-refractivity contribution in [2.24, 2.45) is 4.99 Å². The van der Waals surface area contributed by atoms with Crippen molar-refractivity contribution in [3.63, 3.8) is 0 Å². The number of benzene rings is 1. The van der Waals surface area contributed by atoms with Crippen LogP contribution < -0.4 is 15.5 Å². The SMILES string of the molecule is CN=C(NCCc1ccccn1)NCc1ccc(N(C)C)cc1C.I. The highest BCUT2D eigenvalue weighted by Crippen LogP contribution is 2.17. The van der Waals surface area contributed by atoms with Crippen molar-refractivity contribution >= 4 is 35.6 Å². The molecule has 0 bridgehead atoms. The summed E-state index contributed by atoms with van der Waals surface area (Å²) in [5.74, 6) is 0.807. The minimum Gasteiger partial charge on any atom is -0.378 e. The van der Waals surface area contributed by atoms with E-state index in [1.807, 2.05) is 24.4 Å². The summed E-state index contributed by atoms with van der Waals surface area (Å²) >= 11 is 0. The number of hydrogen-bond acceptors (Lipinski definition) is 3. The summed E-state index contributed by atoms with van der Waals surface area (Å²) < 4.78 is 0. The van der Waals surface area contributed by atoms with E-state index in [4.69, 9.17) is 0 Å². The Kier molecular flexibility index (Phi) is 9.26. The van der Waals surface area contributed by atoms with E-state index in [0.717, 1.165) is 31.2 Å². The van der Waals surface area contributed by atoms with E-state index in [0.29, 0.717) is 0 Å². The quantitative estimate of drug-likeness (QED) is 0.401. The van der Waals surface area contributed by atoms with E-state index < -0.39 is 0 Å². The first-order valence-corrected chi connectivity index (χ1v) is 8.21. The maximum Gasteiger partial charge on any atom is 0.191 e. The van der Waals surface area contributed by atoms with Crippen LogP contribution in [0.3, 0.4) is 0 Å². The fourth-order valence-electron chi connectivity index (χ4n) is 2.41. The number of halogens is 1. The van der Waals surface area contributed by atoms with Gasteiger partial charge in [-0.25, -0.2) is 0 Å². The van der Waals surface area contributed by atoms with Gasteiger partial charge in [0.25, 0.3) is 0 Å². The zero-order chi connectivity index (χ0) is 17.4. The summed E-state index contributed by atoms with van der Waals surface area (Å²) in [6, 6.07) is 12.5. The number of rotatable bonds is 6. The molecule has 2 rings (SSSR count). The molecular formula is C19H28IN5. The van der Waals surface area contributed by atoms with Gasteiger partial charge in [-0.05, 0) is 42.3 Å². The predicted molar refractivity (Wildman–Crippen MR) is 117 cm³/mol. The summed E-state index contributed by atoms with van der Waals surface area (Å²) in [6.07, 6.45) is 2.70. The third-order valence-electron chi connectivity index (χ3n) is 3.91. The Morgan fingerprint density at radius 1 is 1.16 bits per heavy atom. The highest BCUT2D eigenvalue weighted by Gasteiger charge is 2.03. The Morgan fingerprint density at radius 3 is 2.56 bits per heavy atom. The van der Waals surface area contributed by atoms with E-state index in [1.54, 1.807) is 7.05 Å². The molecule has 0 aliphatic heterocycles. The summed E-state index contributed by atoms with van der Waals surface area (Å²) in [6.45, 7) is 3.69. The first-order valence-electron chi connectivity index (χ1n) is 8.21. The molecule has 1 aromatic heterocycles. The fourth-order valence-corrected chi connectivity index (χ4v) is 2.41. The standard InChI is InChI=1S/C19H27N5.HI/c1-15-13-18(24(3)4)9-8-16(15)14-23-19(20-2)22-12-10-17-7-5-6-11-21-17;/h5-9,11,13H,10,12,14H2,1-4H3,(H2,20,22,23);1H. The molecule has 0 aliphatic carbocycles. The lowest BCUT2D eigenvalue weighted by molar-refractivity contribution is 0.782. The number of nitrogens with zero attached hydrogens (tertiary/aromatic N) is 3. The lowest BCUT2D eigenvalue weighted by Crippen LogP contribution is -2.38. The molecular weight excluding hydrogens is 425 g/mol. The Labute approximate surface area is 168 Å². The van der Waals surface area contributed by atoms with Crippen molar-refractivity contribution in [1.29, 1.82) is 0 Å². The van der Waals surface area contributed by atoms with Crippen LogP contribution in [-0.2, 0) is 13.0 Å². The second kappa shape index (κ2) is 10.9. The van der Waals surface area contributed by atoms with Crippen LogP contribution in [0.1, 0.15) is 16.8 Å². The summed E-state index contributed by atoms with van der Waals surface area (Å²) in [7, 11) is 5.90. The molecule has 0 spiro atoms. The first-order chi connectivity index (χ1) is 11.6. The van der Waals surface area contributed by atoms with Gasteiger partial charge >= 0.3 is 0 Å². The molecule has 0 radical (unpaired) electrons. The molecule has 0 atom stereocenters. The minimum atomic E-state index is 0. The Balaban J connectivity index is 0.00000312. The molecule has 1 heterocycles. The van der Waals surface area contributed by atoms with Gasteiger partial charge in [-0.2, -0.15) is 0 Å². The van der Waals surface area contributed by atoms with Crippen LogP contribution in [0.25, 0.3) is 0 Å². The molecule has 2 N–H and O–H groups in total. The van der Waals surface area contributed by atoms with Gasteiger partial charge in [0.1, 0.15) is 0 Å². The number of aromatic nitrogens is 1. The first kappa shape index (κ1) is 21.2. The Morgan fingerprint density at radius 2 is 1.96 bits per heavy atom. The lowest BCUT2D eigenvalue weighted by atomic mass is 10.1. The molecule has 0 amide bonds. The average Bonchev–Trinajstić information content (AvgIpc) is 2.59. The van der Waals surface area contributed by atoms with Gasteiger partial charge in [-0.1, -0.05) is 12.1 Å². The average molecular weight is 453 g/mol. The van der Waals surface area contributed by atoms with Crippen LogP contribution in [-0.4, -0.2) is 38.6 Å². The number of pyridine rings is 1. The van der Waals surface area contributed by atoms with Crippen LogP contribution in [0, 0.1) is 6.92 Å². The van der Waals surface area contributed by atoms with E-state index in [-0.39, 0.29) is 24.0 Å². The summed E-state index contributed by atoms with van der Waals surface area (Å²) in [5.41, 5.74) is 4.84. The van der Waals surface area contributed by atoms with Gasteiger partial charge in [-0.3, -0.25) is 9.98 Å². The highest BCUT2D eigenvalue weighted by atomic mass is 127. The minimum absolute atomic E-state index is 0. The maximum atomic E-state index is 4.32. The molecule has 6 heteroatoms. The number of anilines is 1. The van der Waals surface area contributed by atoms with Crippen LogP contribution in [0.2, 0.25) is 0 Å². The zero-order valence-electron chi connectivity index (χ0n) is 15.4. The predicted octanol–water partition coefficient (Wildman–Crippen LogP) is 2.98. The van der Waals surface area contributed by atoms with Gasteiger partial charge in [0.05, 0.1) is 0 Å². The van der Waals surface area contributed by atoms with Crippen molar-refractivity contribution in [3.8, 4) is 0 Å². The van der Waals surface area contributed by atoms with E-state index in [1.165, 1.54) is 16.8 Å². The second-order valence-corrected chi connectivity index (χ2v) is 5.93. The maximum absolute atomic E-state index is 4.32. The number of guanidine groups is 1. The van der Waals surface area contributed by atoms with Gasteiger partial charge in [0.15, 0.2) is 5.96 Å². The van der Waals surface area contributed by atoms with E-state index in [9.17, 15) is 0 Å². The molecule has 0 unspecified atom stereocenters. The largest absolute Gasteiger partial charge is 0.378 e.